The van der Waals surface area contributed by atoms with Gasteiger partial charge in [-0.05, 0) is 31.5 Å². The number of ether oxygens (including phenoxy) is 1. The van der Waals surface area contributed by atoms with Gasteiger partial charge in [0.2, 0.25) is 0 Å². The van der Waals surface area contributed by atoms with Crippen LogP contribution in [0.3, 0.4) is 0 Å². The maximum absolute atomic E-state index is 13.1. The van der Waals surface area contributed by atoms with Crippen molar-refractivity contribution >= 4 is 28.4 Å². The van der Waals surface area contributed by atoms with E-state index in [-0.39, 0.29) is 11.3 Å². The molecule has 1 aromatic heterocycles. The van der Waals surface area contributed by atoms with E-state index in [4.69, 9.17) is 4.74 Å². The Morgan fingerprint density at radius 1 is 1.10 bits per heavy atom. The number of aryl methyl sites for hydroxylation is 1. The van der Waals surface area contributed by atoms with Gasteiger partial charge < -0.3 is 19.3 Å². The van der Waals surface area contributed by atoms with Gasteiger partial charge in [0.25, 0.3) is 11.7 Å². The second-order valence-corrected chi connectivity index (χ2v) is 7.67. The summed E-state index contributed by atoms with van der Waals surface area (Å²) in [5, 5.41) is 12.2. The van der Waals surface area contributed by atoms with Crippen LogP contribution in [0.25, 0.3) is 16.7 Å². The molecule has 0 bridgehead atoms. The summed E-state index contributed by atoms with van der Waals surface area (Å²) in [6.45, 7) is 4.75. The molecule has 1 N–H and O–H groups in total. The molecule has 1 aliphatic rings. The maximum atomic E-state index is 13.1. The van der Waals surface area contributed by atoms with Gasteiger partial charge in [-0.2, -0.15) is 0 Å². The number of benzene rings is 2. The number of fused-ring (bicyclic) bond motifs is 1. The SMILES string of the molecule is CCCN1C(=O)C(=O)/C(=C(/O)c2cccc(OCC)c2)C1c1cn(C)c2ccccc12. The Morgan fingerprint density at radius 2 is 1.87 bits per heavy atom. The lowest BCUT2D eigenvalue weighted by Gasteiger charge is -2.24. The van der Waals surface area contributed by atoms with Crippen LogP contribution >= 0.6 is 0 Å². The number of hydrogen-bond donors (Lipinski definition) is 1. The van der Waals surface area contributed by atoms with E-state index < -0.39 is 17.7 Å². The zero-order valence-electron chi connectivity index (χ0n) is 18.0. The van der Waals surface area contributed by atoms with Gasteiger partial charge in [-0.15, -0.1) is 0 Å². The predicted molar refractivity (Wildman–Crippen MR) is 120 cm³/mol. The Morgan fingerprint density at radius 3 is 2.61 bits per heavy atom. The minimum atomic E-state index is -0.661. The quantitative estimate of drug-likeness (QED) is 0.366. The highest BCUT2D eigenvalue weighted by Gasteiger charge is 2.46. The van der Waals surface area contributed by atoms with Crippen molar-refractivity contribution in [2.24, 2.45) is 7.05 Å². The molecule has 1 amide bonds. The molecule has 2 aromatic carbocycles. The minimum Gasteiger partial charge on any atom is -0.507 e. The van der Waals surface area contributed by atoms with Gasteiger partial charge in [-0.25, -0.2) is 0 Å². The van der Waals surface area contributed by atoms with Crippen molar-refractivity contribution in [3.05, 3.63) is 71.4 Å². The van der Waals surface area contributed by atoms with Crippen LogP contribution in [-0.2, 0) is 16.6 Å². The zero-order chi connectivity index (χ0) is 22.1. The molecule has 0 saturated carbocycles. The lowest BCUT2D eigenvalue weighted by Crippen LogP contribution is -2.30. The van der Waals surface area contributed by atoms with Gasteiger partial charge in [-0.1, -0.05) is 37.3 Å². The van der Waals surface area contributed by atoms with Gasteiger partial charge in [0.05, 0.1) is 18.2 Å². The van der Waals surface area contributed by atoms with Crippen molar-refractivity contribution < 1.29 is 19.4 Å². The highest BCUT2D eigenvalue weighted by molar-refractivity contribution is 6.46. The first-order chi connectivity index (χ1) is 15.0. The molecule has 1 fully saturated rings. The molecule has 1 unspecified atom stereocenters. The number of carbonyl (C=O) groups excluding carboxylic acids is 2. The number of aliphatic hydroxyl groups excluding tert-OH is 1. The van der Waals surface area contributed by atoms with Crippen LogP contribution in [0.2, 0.25) is 0 Å². The van der Waals surface area contributed by atoms with E-state index >= 15 is 0 Å². The van der Waals surface area contributed by atoms with E-state index in [1.54, 1.807) is 29.2 Å². The summed E-state index contributed by atoms with van der Waals surface area (Å²) < 4.78 is 7.52. The summed E-state index contributed by atoms with van der Waals surface area (Å²) in [4.78, 5) is 27.6. The minimum absolute atomic E-state index is 0.114. The van der Waals surface area contributed by atoms with E-state index in [1.807, 2.05) is 55.9 Å². The molecule has 0 aliphatic carbocycles. The van der Waals surface area contributed by atoms with Crippen LogP contribution in [-0.4, -0.2) is 39.4 Å². The second kappa shape index (κ2) is 8.30. The third kappa shape index (κ3) is 3.48. The van der Waals surface area contributed by atoms with Crippen molar-refractivity contribution in [3.63, 3.8) is 0 Å². The summed E-state index contributed by atoms with van der Waals surface area (Å²) in [5.41, 5.74) is 2.39. The molecule has 1 aliphatic heterocycles. The fourth-order valence-corrected chi connectivity index (χ4v) is 4.32. The molecule has 3 aromatic rings. The Balaban J connectivity index is 1.94. The number of carbonyl (C=O) groups is 2. The molecule has 0 radical (unpaired) electrons. The topological polar surface area (TPSA) is 71.8 Å². The fraction of sp³-hybridized carbons (Fsp3) is 0.280. The number of Topliss-reactive ketones (excluding diaryl/α,β-unsaturated/α-hetero) is 1. The van der Waals surface area contributed by atoms with E-state index in [0.29, 0.717) is 30.9 Å². The highest BCUT2D eigenvalue weighted by atomic mass is 16.5. The molecule has 1 saturated heterocycles. The first kappa shape index (κ1) is 20.7. The average Bonchev–Trinajstić information content (AvgIpc) is 3.23. The number of amides is 1. The smallest absolute Gasteiger partial charge is 0.295 e. The lowest BCUT2D eigenvalue weighted by molar-refractivity contribution is -0.139. The molecule has 6 heteroatoms. The summed E-state index contributed by atoms with van der Waals surface area (Å²) >= 11 is 0. The van der Waals surface area contributed by atoms with Crippen LogP contribution in [0.5, 0.6) is 5.75 Å². The van der Waals surface area contributed by atoms with E-state index in [0.717, 1.165) is 16.5 Å². The van der Waals surface area contributed by atoms with Gasteiger partial charge in [-0.3, -0.25) is 9.59 Å². The summed E-state index contributed by atoms with van der Waals surface area (Å²) in [6, 6.07) is 14.2. The summed E-state index contributed by atoms with van der Waals surface area (Å²) in [7, 11) is 1.93. The third-order valence-electron chi connectivity index (χ3n) is 5.65. The Labute approximate surface area is 181 Å². The molecule has 160 valence electrons. The van der Waals surface area contributed by atoms with Crippen molar-refractivity contribution in [1.82, 2.24) is 9.47 Å². The van der Waals surface area contributed by atoms with Crippen molar-refractivity contribution in [2.75, 3.05) is 13.2 Å². The molecule has 6 nitrogen and oxygen atoms in total. The van der Waals surface area contributed by atoms with Crippen LogP contribution < -0.4 is 4.74 Å². The number of hydrogen-bond acceptors (Lipinski definition) is 4. The summed E-state index contributed by atoms with van der Waals surface area (Å²) in [5.74, 6) is -0.833. The van der Waals surface area contributed by atoms with Crippen molar-refractivity contribution in [3.8, 4) is 5.75 Å². The standard InChI is InChI=1S/C25H26N2O4/c1-4-13-27-22(19-15-26(3)20-12-7-6-11-18(19)20)21(24(29)25(27)30)23(28)16-9-8-10-17(14-16)31-5-2/h6-12,14-15,22,28H,4-5,13H2,1-3H3/b23-21+. The molecular weight excluding hydrogens is 392 g/mol. The average molecular weight is 418 g/mol. The first-order valence-electron chi connectivity index (χ1n) is 10.5. The van der Waals surface area contributed by atoms with Gasteiger partial charge in [0.15, 0.2) is 0 Å². The van der Waals surface area contributed by atoms with Crippen LogP contribution in [0.15, 0.2) is 60.3 Å². The monoisotopic (exact) mass is 418 g/mol. The van der Waals surface area contributed by atoms with Crippen LogP contribution in [0, 0.1) is 0 Å². The Hall–Kier alpha value is -3.54. The molecule has 2 heterocycles. The second-order valence-electron chi connectivity index (χ2n) is 7.67. The number of ketones is 1. The zero-order valence-corrected chi connectivity index (χ0v) is 18.0. The number of rotatable bonds is 6. The number of aromatic nitrogens is 1. The number of nitrogens with zero attached hydrogens (tertiary/aromatic N) is 2. The van der Waals surface area contributed by atoms with Gasteiger partial charge >= 0.3 is 0 Å². The van der Waals surface area contributed by atoms with Crippen LogP contribution in [0.1, 0.15) is 37.4 Å². The number of likely N-dealkylation sites (tertiary alicyclic amines) is 1. The summed E-state index contributed by atoms with van der Waals surface area (Å²) in [6.07, 6.45) is 2.64. The third-order valence-corrected chi connectivity index (χ3v) is 5.65. The number of aliphatic hydroxyl groups is 1. The van der Waals surface area contributed by atoms with Crippen LogP contribution in [0.4, 0.5) is 0 Å². The Bertz CT molecular complexity index is 1190. The van der Waals surface area contributed by atoms with E-state index in [1.165, 1.54) is 0 Å². The molecule has 31 heavy (non-hydrogen) atoms. The van der Waals surface area contributed by atoms with Gasteiger partial charge in [0, 0.05) is 41.8 Å². The van der Waals surface area contributed by atoms with Gasteiger partial charge in [0.1, 0.15) is 11.5 Å². The Kier molecular flexibility index (Phi) is 5.55. The maximum Gasteiger partial charge on any atom is 0.295 e. The normalized spacial score (nSPS) is 18.2. The number of para-hydroxylation sites is 1. The van der Waals surface area contributed by atoms with E-state index in [9.17, 15) is 14.7 Å². The first-order valence-corrected chi connectivity index (χ1v) is 10.5. The highest BCUT2D eigenvalue weighted by Crippen LogP contribution is 2.42. The van der Waals surface area contributed by atoms with Crippen molar-refractivity contribution in [2.45, 2.75) is 26.3 Å². The molecular formula is C25H26N2O4. The molecule has 4 rings (SSSR count). The fourth-order valence-electron chi connectivity index (χ4n) is 4.32. The molecule has 0 spiro atoms. The van der Waals surface area contributed by atoms with Crippen molar-refractivity contribution in [1.29, 1.82) is 0 Å². The van der Waals surface area contributed by atoms with E-state index in [2.05, 4.69) is 0 Å². The lowest BCUT2D eigenvalue weighted by atomic mass is 9.95. The predicted octanol–water partition coefficient (Wildman–Crippen LogP) is 4.41. The molecule has 1 atom stereocenters. The largest absolute Gasteiger partial charge is 0.507 e.